The summed E-state index contributed by atoms with van der Waals surface area (Å²) >= 11 is 6.13. The van der Waals surface area contributed by atoms with Gasteiger partial charge in [-0.1, -0.05) is 17.7 Å². The number of aromatic nitrogens is 4. The largest absolute Gasteiger partial charge is 0.394 e. The fourth-order valence-electron chi connectivity index (χ4n) is 3.18. The van der Waals surface area contributed by atoms with Crippen LogP contribution in [0.25, 0.3) is 22.4 Å². The molecule has 0 bridgehead atoms. The summed E-state index contributed by atoms with van der Waals surface area (Å²) in [4.78, 5) is 11.0. The Kier molecular flexibility index (Phi) is 4.26. The highest BCUT2D eigenvalue weighted by molar-refractivity contribution is 6.33. The molecule has 3 aromatic rings. The van der Waals surface area contributed by atoms with Crippen molar-refractivity contribution < 1.29 is 9.50 Å². The lowest BCUT2D eigenvalue weighted by Gasteiger charge is -2.38. The predicted molar refractivity (Wildman–Crippen MR) is 97.5 cm³/mol. The second kappa shape index (κ2) is 6.46. The van der Waals surface area contributed by atoms with E-state index in [1.165, 1.54) is 6.07 Å². The van der Waals surface area contributed by atoms with E-state index in [0.717, 1.165) is 0 Å². The van der Waals surface area contributed by atoms with Crippen LogP contribution < -0.4 is 10.6 Å². The molecular weight excluding hydrogens is 359 g/mol. The van der Waals surface area contributed by atoms with Gasteiger partial charge in [0.25, 0.3) is 0 Å². The summed E-state index contributed by atoms with van der Waals surface area (Å²) in [6, 6.07) is 4.48. The molecule has 3 heterocycles. The Labute approximate surface area is 154 Å². The molecule has 1 saturated heterocycles. The Morgan fingerprint density at radius 2 is 2.12 bits per heavy atom. The highest BCUT2D eigenvalue weighted by Gasteiger charge is 2.30. The molecule has 9 heteroatoms. The Balaban J connectivity index is 1.67. The van der Waals surface area contributed by atoms with E-state index in [1.807, 2.05) is 0 Å². The second-order valence-corrected chi connectivity index (χ2v) is 7.01. The highest BCUT2D eigenvalue weighted by atomic mass is 35.5. The number of aliphatic hydroxyl groups excluding tert-OH is 1. The van der Waals surface area contributed by atoms with Gasteiger partial charge >= 0.3 is 0 Å². The number of aliphatic hydroxyl groups is 1. The van der Waals surface area contributed by atoms with Crippen LogP contribution in [0.4, 0.5) is 10.2 Å². The van der Waals surface area contributed by atoms with Crippen molar-refractivity contribution in [2.24, 2.45) is 5.73 Å². The van der Waals surface area contributed by atoms with E-state index in [9.17, 15) is 9.50 Å². The molecule has 1 aromatic carbocycles. The molecule has 7 nitrogen and oxygen atoms in total. The molecule has 26 heavy (non-hydrogen) atoms. The number of nitrogens with two attached hydrogens (primary N) is 1. The van der Waals surface area contributed by atoms with Gasteiger partial charge in [0.1, 0.15) is 22.8 Å². The van der Waals surface area contributed by atoms with Gasteiger partial charge in [-0.25, -0.2) is 14.4 Å². The number of aromatic amines is 1. The third-order valence-corrected chi connectivity index (χ3v) is 5.17. The van der Waals surface area contributed by atoms with Gasteiger partial charge in [-0.05, 0) is 25.0 Å². The molecule has 1 aliphatic heterocycles. The first-order chi connectivity index (χ1) is 12.5. The van der Waals surface area contributed by atoms with Crippen molar-refractivity contribution in [3.05, 3.63) is 35.2 Å². The third kappa shape index (κ3) is 2.90. The molecule has 1 fully saturated rings. The maximum absolute atomic E-state index is 14.2. The van der Waals surface area contributed by atoms with Crippen LogP contribution in [-0.4, -0.2) is 50.5 Å². The smallest absolute Gasteiger partial charge is 0.177 e. The minimum atomic E-state index is -0.531. The van der Waals surface area contributed by atoms with Crippen molar-refractivity contribution in [3.8, 4) is 11.3 Å². The Morgan fingerprint density at radius 3 is 2.81 bits per heavy atom. The molecule has 0 aliphatic carbocycles. The zero-order valence-electron chi connectivity index (χ0n) is 13.9. The van der Waals surface area contributed by atoms with E-state index < -0.39 is 11.4 Å². The molecule has 1 aliphatic rings. The van der Waals surface area contributed by atoms with Crippen molar-refractivity contribution in [3.63, 3.8) is 0 Å². The van der Waals surface area contributed by atoms with Gasteiger partial charge in [0, 0.05) is 18.6 Å². The average Bonchev–Trinajstić information content (AvgIpc) is 3.05. The fraction of sp³-hybridized carbons (Fsp3) is 0.353. The minimum Gasteiger partial charge on any atom is -0.394 e. The Morgan fingerprint density at radius 1 is 1.35 bits per heavy atom. The second-order valence-electron chi connectivity index (χ2n) is 6.60. The van der Waals surface area contributed by atoms with Crippen molar-refractivity contribution >= 4 is 28.6 Å². The molecule has 0 amide bonds. The number of anilines is 1. The summed E-state index contributed by atoms with van der Waals surface area (Å²) in [7, 11) is 0. The van der Waals surface area contributed by atoms with Gasteiger partial charge in [0.2, 0.25) is 0 Å². The van der Waals surface area contributed by atoms with Crippen LogP contribution in [0.15, 0.2) is 24.4 Å². The normalized spacial score (nSPS) is 17.0. The molecule has 0 spiro atoms. The van der Waals surface area contributed by atoms with Crippen LogP contribution in [-0.2, 0) is 0 Å². The van der Waals surface area contributed by atoms with Gasteiger partial charge in [0.05, 0.1) is 23.4 Å². The summed E-state index contributed by atoms with van der Waals surface area (Å²) in [5.74, 6) is 0.225. The van der Waals surface area contributed by atoms with E-state index >= 15 is 0 Å². The van der Waals surface area contributed by atoms with Gasteiger partial charge < -0.3 is 15.7 Å². The summed E-state index contributed by atoms with van der Waals surface area (Å²) in [5, 5.41) is 16.6. The minimum absolute atomic E-state index is 0.0289. The lowest BCUT2D eigenvalue weighted by Crippen LogP contribution is -2.53. The molecular formula is C17H18ClFN6O. The average molecular weight is 377 g/mol. The first-order valence-electron chi connectivity index (χ1n) is 8.31. The number of halogens is 2. The van der Waals surface area contributed by atoms with Gasteiger partial charge in [-0.3, -0.25) is 5.10 Å². The molecule has 0 atom stereocenters. The van der Waals surface area contributed by atoms with Crippen molar-refractivity contribution in [2.45, 2.75) is 18.4 Å². The van der Waals surface area contributed by atoms with Crippen LogP contribution in [0.2, 0.25) is 5.02 Å². The number of fused-ring (bicyclic) bond motifs is 1. The molecule has 0 saturated carbocycles. The molecule has 4 N–H and O–H groups in total. The third-order valence-electron chi connectivity index (χ3n) is 4.86. The summed E-state index contributed by atoms with van der Waals surface area (Å²) in [5.41, 5.74) is 7.04. The predicted octanol–water partition coefficient (Wildman–Crippen LogP) is 2.10. The molecule has 2 aromatic heterocycles. The number of hydrogen-bond donors (Lipinski definition) is 3. The lowest BCUT2D eigenvalue weighted by molar-refractivity contribution is 0.170. The van der Waals surface area contributed by atoms with E-state index in [2.05, 4.69) is 25.1 Å². The van der Waals surface area contributed by atoms with E-state index in [-0.39, 0.29) is 17.2 Å². The zero-order valence-corrected chi connectivity index (χ0v) is 14.7. The molecule has 4 rings (SSSR count). The van der Waals surface area contributed by atoms with Crippen LogP contribution in [0.3, 0.4) is 0 Å². The van der Waals surface area contributed by atoms with Gasteiger partial charge in [0.15, 0.2) is 5.65 Å². The van der Waals surface area contributed by atoms with Gasteiger partial charge in [-0.2, -0.15) is 5.10 Å². The SMILES string of the molecule is NC1(CO)CCN(c2cnc3c(-c4c(F)cccc4Cl)n[nH]c3n2)CC1. The monoisotopic (exact) mass is 376 g/mol. The quantitative estimate of drug-likeness (QED) is 0.646. The van der Waals surface area contributed by atoms with Gasteiger partial charge in [-0.15, -0.1) is 0 Å². The molecule has 0 unspecified atom stereocenters. The number of benzene rings is 1. The highest BCUT2D eigenvalue weighted by Crippen LogP contribution is 2.33. The van der Waals surface area contributed by atoms with E-state index in [1.54, 1.807) is 18.3 Å². The fourth-order valence-corrected chi connectivity index (χ4v) is 3.44. The van der Waals surface area contributed by atoms with E-state index in [0.29, 0.717) is 48.6 Å². The number of H-pyrrole nitrogens is 1. The number of nitrogens with zero attached hydrogens (tertiary/aromatic N) is 4. The topological polar surface area (TPSA) is 104 Å². The first-order valence-corrected chi connectivity index (χ1v) is 8.69. The maximum atomic E-state index is 14.2. The van der Waals surface area contributed by atoms with Crippen LogP contribution in [0.5, 0.6) is 0 Å². The number of nitrogens with one attached hydrogen (secondary N) is 1. The van der Waals surface area contributed by atoms with Crippen LogP contribution in [0, 0.1) is 5.82 Å². The zero-order chi connectivity index (χ0) is 18.3. The van der Waals surface area contributed by atoms with Crippen LogP contribution in [0.1, 0.15) is 12.8 Å². The van der Waals surface area contributed by atoms with Crippen molar-refractivity contribution in [2.75, 3.05) is 24.6 Å². The molecule has 0 radical (unpaired) electrons. The van der Waals surface area contributed by atoms with Crippen molar-refractivity contribution in [1.82, 2.24) is 20.2 Å². The lowest BCUT2D eigenvalue weighted by atomic mass is 9.90. The van der Waals surface area contributed by atoms with Crippen LogP contribution >= 0.6 is 11.6 Å². The Hall–Kier alpha value is -2.29. The Bertz CT molecular complexity index is 933. The van der Waals surface area contributed by atoms with Crippen molar-refractivity contribution in [1.29, 1.82) is 0 Å². The maximum Gasteiger partial charge on any atom is 0.177 e. The van der Waals surface area contributed by atoms with E-state index in [4.69, 9.17) is 17.3 Å². The number of hydrogen-bond acceptors (Lipinski definition) is 6. The number of piperidine rings is 1. The standard InChI is InChI=1S/C17H18ClFN6O/c18-10-2-1-3-11(19)13(10)14-15-16(24-23-14)22-12(8-21-15)25-6-4-17(20,9-26)5-7-25/h1-3,8,26H,4-7,9,20H2,(H,22,23,24). The number of rotatable bonds is 3. The summed E-state index contributed by atoms with van der Waals surface area (Å²) in [6.07, 6.45) is 2.98. The first kappa shape index (κ1) is 17.1. The summed E-state index contributed by atoms with van der Waals surface area (Å²) < 4.78 is 14.2. The molecule has 136 valence electrons. The summed E-state index contributed by atoms with van der Waals surface area (Å²) in [6.45, 7) is 1.33.